The zero-order valence-electron chi connectivity index (χ0n) is 22.5. The summed E-state index contributed by atoms with van der Waals surface area (Å²) in [5, 5.41) is 0. The Bertz CT molecular complexity index is 879. The van der Waals surface area contributed by atoms with E-state index in [0.717, 1.165) is 56.7 Å². The summed E-state index contributed by atoms with van der Waals surface area (Å²) in [7, 11) is 1.82. The second-order valence-electron chi connectivity index (χ2n) is 12.3. The van der Waals surface area contributed by atoms with Crippen LogP contribution in [0.4, 0.5) is 4.79 Å². The fourth-order valence-electron chi connectivity index (χ4n) is 6.14. The first-order valence-electron chi connectivity index (χ1n) is 13.6. The summed E-state index contributed by atoms with van der Waals surface area (Å²) < 4.78 is 5.55. The van der Waals surface area contributed by atoms with Crippen molar-refractivity contribution in [3.8, 4) is 0 Å². The molecule has 2 heterocycles. The van der Waals surface area contributed by atoms with Gasteiger partial charge in [-0.05, 0) is 89.5 Å². The van der Waals surface area contributed by atoms with Crippen molar-refractivity contribution in [2.45, 2.75) is 89.7 Å². The van der Waals surface area contributed by atoms with Crippen LogP contribution in [-0.2, 0) is 10.2 Å². The van der Waals surface area contributed by atoms with Crippen molar-refractivity contribution in [2.24, 2.45) is 5.92 Å². The third kappa shape index (κ3) is 6.19. The van der Waals surface area contributed by atoms with Crippen LogP contribution in [-0.4, -0.2) is 78.1 Å². The first kappa shape index (κ1) is 26.0. The molecule has 1 saturated carbocycles. The number of ether oxygens (including phenoxy) is 1. The highest BCUT2D eigenvalue weighted by Crippen LogP contribution is 2.44. The Morgan fingerprint density at radius 3 is 2.23 bits per heavy atom. The molecule has 1 aliphatic carbocycles. The van der Waals surface area contributed by atoms with Crippen LogP contribution >= 0.6 is 0 Å². The number of nitrogens with zero attached hydrogens (tertiary/aromatic N) is 3. The van der Waals surface area contributed by atoms with Gasteiger partial charge in [-0.1, -0.05) is 25.5 Å². The molecule has 1 aromatic carbocycles. The number of hydrogen-bond acceptors (Lipinski definition) is 4. The van der Waals surface area contributed by atoms with Gasteiger partial charge in [0.2, 0.25) is 0 Å². The first-order valence-corrected chi connectivity index (χ1v) is 13.6. The lowest BCUT2D eigenvalue weighted by Gasteiger charge is -2.45. The van der Waals surface area contributed by atoms with Gasteiger partial charge < -0.3 is 14.5 Å². The Morgan fingerprint density at radius 1 is 1.03 bits per heavy atom. The third-order valence-electron chi connectivity index (χ3n) is 8.26. The molecule has 0 spiro atoms. The number of rotatable bonds is 5. The van der Waals surface area contributed by atoms with Crippen LogP contribution in [0.3, 0.4) is 0 Å². The topological polar surface area (TPSA) is 53.1 Å². The largest absolute Gasteiger partial charge is 0.444 e. The van der Waals surface area contributed by atoms with Gasteiger partial charge in [-0.25, -0.2) is 4.79 Å². The molecule has 0 aromatic heterocycles. The molecule has 3 aliphatic rings. The number of carbonyl (C=O) groups is 2. The Labute approximate surface area is 212 Å². The monoisotopic (exact) mass is 483 g/mol. The van der Waals surface area contributed by atoms with E-state index in [4.69, 9.17) is 4.74 Å². The van der Waals surface area contributed by atoms with Crippen molar-refractivity contribution in [2.75, 3.05) is 39.8 Å². The number of likely N-dealkylation sites (N-methyl/N-ethyl adjacent to an activating group) is 1. The highest BCUT2D eigenvalue weighted by molar-refractivity contribution is 5.94. The highest BCUT2D eigenvalue weighted by Gasteiger charge is 2.41. The Balaban J connectivity index is 1.34. The second-order valence-corrected chi connectivity index (χ2v) is 12.3. The molecule has 3 fully saturated rings. The van der Waals surface area contributed by atoms with E-state index in [2.05, 4.69) is 24.0 Å². The molecule has 2 aliphatic heterocycles. The van der Waals surface area contributed by atoms with Crippen molar-refractivity contribution in [1.29, 1.82) is 0 Å². The Kier molecular flexibility index (Phi) is 7.80. The Hall–Kier alpha value is -2.08. The van der Waals surface area contributed by atoms with Crippen LogP contribution in [0.15, 0.2) is 24.3 Å². The fourth-order valence-corrected chi connectivity index (χ4v) is 6.14. The SMILES string of the molecule is CC1CCCN(C2CCN(C(=O)c3ccc(C4(CN(C)C(=O)OC(C)(C)C)CCC4)cc3)CC2)C1. The van der Waals surface area contributed by atoms with Crippen LogP contribution in [0.25, 0.3) is 0 Å². The number of amides is 2. The average molecular weight is 484 g/mol. The van der Waals surface area contributed by atoms with E-state index in [9.17, 15) is 9.59 Å². The zero-order valence-corrected chi connectivity index (χ0v) is 22.5. The number of piperidine rings is 2. The summed E-state index contributed by atoms with van der Waals surface area (Å²) in [5.74, 6) is 0.945. The van der Waals surface area contributed by atoms with Crippen LogP contribution in [0.5, 0.6) is 0 Å². The molecule has 1 atom stereocenters. The van der Waals surface area contributed by atoms with E-state index in [1.54, 1.807) is 4.90 Å². The maximum absolute atomic E-state index is 13.2. The molecule has 0 bridgehead atoms. The summed E-state index contributed by atoms with van der Waals surface area (Å²) in [6.45, 7) is 12.8. The lowest BCUT2D eigenvalue weighted by molar-refractivity contribution is 0.0218. The normalized spacial score (nSPS) is 23.5. The predicted octanol–water partition coefficient (Wildman–Crippen LogP) is 5.31. The second kappa shape index (κ2) is 10.5. The van der Waals surface area contributed by atoms with Crippen molar-refractivity contribution in [3.05, 3.63) is 35.4 Å². The van der Waals surface area contributed by atoms with Gasteiger partial charge >= 0.3 is 6.09 Å². The lowest BCUT2D eigenvalue weighted by Crippen LogP contribution is -2.49. The van der Waals surface area contributed by atoms with Crippen molar-refractivity contribution < 1.29 is 14.3 Å². The van der Waals surface area contributed by atoms with E-state index in [1.165, 1.54) is 31.5 Å². The molecule has 6 nitrogen and oxygen atoms in total. The summed E-state index contributed by atoms with van der Waals surface area (Å²) in [5.41, 5.74) is 1.44. The lowest BCUT2D eigenvalue weighted by atomic mass is 9.64. The molecular weight excluding hydrogens is 438 g/mol. The van der Waals surface area contributed by atoms with Crippen LogP contribution in [0.2, 0.25) is 0 Å². The molecular formula is C29H45N3O3. The molecule has 2 saturated heterocycles. The van der Waals surface area contributed by atoms with E-state index in [1.807, 2.05) is 44.9 Å². The molecule has 0 radical (unpaired) electrons. The molecule has 1 aromatic rings. The standard InChI is InChI=1S/C29H45N3O3/c1-22-8-6-17-32(20-22)25-13-18-31(19-14-25)26(33)23-9-11-24(12-10-23)29(15-7-16-29)21-30(5)27(34)35-28(2,3)4/h9-12,22,25H,6-8,13-21H2,1-5H3. The van der Waals surface area contributed by atoms with E-state index in [-0.39, 0.29) is 17.4 Å². The minimum absolute atomic E-state index is 0.0445. The number of carbonyl (C=O) groups excluding carboxylic acids is 2. The summed E-state index contributed by atoms with van der Waals surface area (Å²) >= 11 is 0. The summed E-state index contributed by atoms with van der Waals surface area (Å²) in [6, 6.07) is 8.83. The fraction of sp³-hybridized carbons (Fsp3) is 0.724. The molecule has 1 unspecified atom stereocenters. The quantitative estimate of drug-likeness (QED) is 0.569. The third-order valence-corrected chi connectivity index (χ3v) is 8.26. The van der Waals surface area contributed by atoms with Gasteiger partial charge in [0.05, 0.1) is 0 Å². The first-order chi connectivity index (χ1) is 16.6. The molecule has 6 heteroatoms. The van der Waals surface area contributed by atoms with Crippen molar-refractivity contribution in [3.63, 3.8) is 0 Å². The van der Waals surface area contributed by atoms with Gasteiger partial charge in [-0.2, -0.15) is 0 Å². The smallest absolute Gasteiger partial charge is 0.410 e. The van der Waals surface area contributed by atoms with E-state index in [0.29, 0.717) is 12.6 Å². The number of hydrogen-bond donors (Lipinski definition) is 0. The van der Waals surface area contributed by atoms with Crippen molar-refractivity contribution >= 4 is 12.0 Å². The van der Waals surface area contributed by atoms with Gasteiger partial charge in [-0.3, -0.25) is 9.69 Å². The molecule has 35 heavy (non-hydrogen) atoms. The minimum atomic E-state index is -0.499. The van der Waals surface area contributed by atoms with Gasteiger partial charge in [0.15, 0.2) is 0 Å². The molecule has 2 amide bonds. The van der Waals surface area contributed by atoms with Crippen molar-refractivity contribution in [1.82, 2.24) is 14.7 Å². The number of benzene rings is 1. The molecule has 0 N–H and O–H groups in total. The van der Waals surface area contributed by atoms with Gasteiger partial charge in [-0.15, -0.1) is 0 Å². The van der Waals surface area contributed by atoms with E-state index < -0.39 is 5.60 Å². The van der Waals surface area contributed by atoms with E-state index >= 15 is 0 Å². The van der Waals surface area contributed by atoms with Crippen LogP contribution in [0, 0.1) is 5.92 Å². The highest BCUT2D eigenvalue weighted by atomic mass is 16.6. The minimum Gasteiger partial charge on any atom is -0.444 e. The number of likely N-dealkylation sites (tertiary alicyclic amines) is 2. The summed E-state index contributed by atoms with van der Waals surface area (Å²) in [4.78, 5) is 32.1. The van der Waals surface area contributed by atoms with Gasteiger partial charge in [0.25, 0.3) is 5.91 Å². The predicted molar refractivity (Wildman–Crippen MR) is 140 cm³/mol. The average Bonchev–Trinajstić information content (AvgIpc) is 2.80. The van der Waals surface area contributed by atoms with Crippen LogP contribution in [0.1, 0.15) is 88.6 Å². The van der Waals surface area contributed by atoms with Gasteiger partial charge in [0, 0.05) is 50.2 Å². The van der Waals surface area contributed by atoms with Gasteiger partial charge in [0.1, 0.15) is 5.60 Å². The maximum Gasteiger partial charge on any atom is 0.410 e. The molecule has 4 rings (SSSR count). The molecule has 194 valence electrons. The van der Waals surface area contributed by atoms with Crippen LogP contribution < -0.4 is 0 Å². The summed E-state index contributed by atoms with van der Waals surface area (Å²) in [6.07, 6.45) is 7.80. The zero-order chi connectivity index (χ0) is 25.2. The Morgan fingerprint density at radius 2 is 1.69 bits per heavy atom. The maximum atomic E-state index is 13.2.